The van der Waals surface area contributed by atoms with E-state index in [0.717, 1.165) is 17.0 Å². The Balaban J connectivity index is 1.63. The van der Waals surface area contributed by atoms with Crippen LogP contribution >= 0.6 is 23.4 Å². The number of halogens is 1. The average Bonchev–Trinajstić information content (AvgIpc) is 3.23. The van der Waals surface area contributed by atoms with Gasteiger partial charge in [0, 0.05) is 21.8 Å². The molecule has 0 amide bonds. The van der Waals surface area contributed by atoms with Crippen molar-refractivity contribution < 1.29 is 9.53 Å². The van der Waals surface area contributed by atoms with E-state index in [1.54, 1.807) is 24.3 Å². The summed E-state index contributed by atoms with van der Waals surface area (Å²) in [5, 5.41) is 10.1. The zero-order valence-electron chi connectivity index (χ0n) is 16.9. The second-order valence-corrected chi connectivity index (χ2v) is 8.03. The standard InChI is InChI=1S/C24H20ClN3O2S/c1-2-30-21-14-10-18(11-15-21)23-26-27-24(28(23)20-6-4-3-5-7-20)31-16-22(29)17-8-12-19(25)13-9-17/h3-15H,2,16H2,1H3. The number of hydrogen-bond donors (Lipinski definition) is 0. The maximum absolute atomic E-state index is 12.6. The van der Waals surface area contributed by atoms with E-state index in [4.69, 9.17) is 16.3 Å². The lowest BCUT2D eigenvalue weighted by Crippen LogP contribution is -2.05. The van der Waals surface area contributed by atoms with Crippen molar-refractivity contribution in [3.63, 3.8) is 0 Å². The van der Waals surface area contributed by atoms with Crippen LogP contribution in [0.1, 0.15) is 17.3 Å². The molecule has 0 saturated carbocycles. The van der Waals surface area contributed by atoms with Gasteiger partial charge in [0.25, 0.3) is 0 Å². The second kappa shape index (κ2) is 9.81. The summed E-state index contributed by atoms with van der Waals surface area (Å²) in [4.78, 5) is 12.6. The van der Waals surface area contributed by atoms with Gasteiger partial charge in [-0.3, -0.25) is 9.36 Å². The maximum atomic E-state index is 12.6. The SMILES string of the molecule is CCOc1ccc(-c2nnc(SCC(=O)c3ccc(Cl)cc3)n2-c2ccccc2)cc1. The fourth-order valence-electron chi connectivity index (χ4n) is 3.08. The molecule has 156 valence electrons. The van der Waals surface area contributed by atoms with Crippen LogP contribution in [0.4, 0.5) is 0 Å². The van der Waals surface area contributed by atoms with E-state index in [0.29, 0.717) is 28.2 Å². The van der Waals surface area contributed by atoms with Gasteiger partial charge in [0.05, 0.1) is 12.4 Å². The van der Waals surface area contributed by atoms with Crippen molar-refractivity contribution in [3.05, 3.63) is 89.4 Å². The molecule has 4 aromatic rings. The molecule has 0 bridgehead atoms. The summed E-state index contributed by atoms with van der Waals surface area (Å²) in [6, 6.07) is 24.5. The van der Waals surface area contributed by atoms with Crippen LogP contribution in [0.15, 0.2) is 84.0 Å². The summed E-state index contributed by atoms with van der Waals surface area (Å²) < 4.78 is 7.51. The van der Waals surface area contributed by atoms with Crippen LogP contribution in [0.5, 0.6) is 5.75 Å². The van der Waals surface area contributed by atoms with E-state index in [1.165, 1.54) is 11.8 Å². The highest BCUT2D eigenvalue weighted by atomic mass is 35.5. The number of benzene rings is 3. The van der Waals surface area contributed by atoms with Gasteiger partial charge in [0.15, 0.2) is 16.8 Å². The summed E-state index contributed by atoms with van der Waals surface area (Å²) in [6.07, 6.45) is 0. The first-order chi connectivity index (χ1) is 15.2. The Morgan fingerprint density at radius 1 is 0.968 bits per heavy atom. The minimum Gasteiger partial charge on any atom is -0.494 e. The molecule has 0 fully saturated rings. The number of rotatable bonds is 8. The van der Waals surface area contributed by atoms with E-state index >= 15 is 0 Å². The topological polar surface area (TPSA) is 57.0 Å². The zero-order chi connectivity index (χ0) is 21.6. The summed E-state index contributed by atoms with van der Waals surface area (Å²) >= 11 is 7.28. The highest BCUT2D eigenvalue weighted by Gasteiger charge is 2.18. The van der Waals surface area contributed by atoms with E-state index in [9.17, 15) is 4.79 Å². The number of ether oxygens (including phenoxy) is 1. The molecule has 0 atom stereocenters. The van der Waals surface area contributed by atoms with Crippen LogP contribution in [-0.2, 0) is 0 Å². The summed E-state index contributed by atoms with van der Waals surface area (Å²) in [5.41, 5.74) is 2.46. The lowest BCUT2D eigenvalue weighted by atomic mass is 10.1. The number of aromatic nitrogens is 3. The van der Waals surface area contributed by atoms with Gasteiger partial charge in [-0.05, 0) is 67.6 Å². The third-order valence-electron chi connectivity index (χ3n) is 4.57. The molecule has 7 heteroatoms. The summed E-state index contributed by atoms with van der Waals surface area (Å²) in [7, 11) is 0. The Morgan fingerprint density at radius 2 is 1.68 bits per heavy atom. The normalized spacial score (nSPS) is 10.8. The van der Waals surface area contributed by atoms with Crippen LogP contribution in [0.25, 0.3) is 17.1 Å². The van der Waals surface area contributed by atoms with Gasteiger partial charge in [0.2, 0.25) is 0 Å². The molecule has 0 aliphatic heterocycles. The molecule has 1 aromatic heterocycles. The van der Waals surface area contributed by atoms with Crippen molar-refractivity contribution in [1.29, 1.82) is 0 Å². The molecular weight excluding hydrogens is 430 g/mol. The fourth-order valence-corrected chi connectivity index (χ4v) is 4.05. The molecule has 0 spiro atoms. The Bertz CT molecular complexity index is 1160. The maximum Gasteiger partial charge on any atom is 0.196 e. The Hall–Kier alpha value is -3.09. The smallest absolute Gasteiger partial charge is 0.196 e. The minimum atomic E-state index is 0.00638. The molecule has 0 aliphatic carbocycles. The monoisotopic (exact) mass is 449 g/mol. The highest BCUT2D eigenvalue weighted by molar-refractivity contribution is 7.99. The molecule has 0 saturated heterocycles. The van der Waals surface area contributed by atoms with Crippen molar-refractivity contribution in [2.75, 3.05) is 12.4 Å². The molecule has 0 aliphatic rings. The minimum absolute atomic E-state index is 0.00638. The molecule has 0 radical (unpaired) electrons. The molecule has 1 heterocycles. The Kier molecular flexibility index (Phi) is 6.70. The number of carbonyl (C=O) groups is 1. The largest absolute Gasteiger partial charge is 0.494 e. The molecule has 31 heavy (non-hydrogen) atoms. The fraction of sp³-hybridized carbons (Fsp3) is 0.125. The van der Waals surface area contributed by atoms with Crippen LogP contribution in [0, 0.1) is 0 Å². The van der Waals surface area contributed by atoms with Gasteiger partial charge in [-0.25, -0.2) is 0 Å². The molecular formula is C24H20ClN3O2S. The van der Waals surface area contributed by atoms with Gasteiger partial charge in [-0.15, -0.1) is 10.2 Å². The van der Waals surface area contributed by atoms with E-state index < -0.39 is 0 Å². The lowest BCUT2D eigenvalue weighted by Gasteiger charge is -2.11. The number of Topliss-reactive ketones (excluding diaryl/α,β-unsaturated/α-hetero) is 1. The first kappa shape index (κ1) is 21.2. The number of para-hydroxylation sites is 1. The highest BCUT2D eigenvalue weighted by Crippen LogP contribution is 2.29. The van der Waals surface area contributed by atoms with Crippen LogP contribution in [0.2, 0.25) is 5.02 Å². The zero-order valence-corrected chi connectivity index (χ0v) is 18.4. The number of nitrogens with zero attached hydrogens (tertiary/aromatic N) is 3. The second-order valence-electron chi connectivity index (χ2n) is 6.65. The quantitative estimate of drug-likeness (QED) is 0.245. The Morgan fingerprint density at radius 3 is 2.35 bits per heavy atom. The van der Waals surface area contributed by atoms with Crippen molar-refractivity contribution in [2.24, 2.45) is 0 Å². The summed E-state index contributed by atoms with van der Waals surface area (Å²) in [5.74, 6) is 1.76. The summed E-state index contributed by atoms with van der Waals surface area (Å²) in [6.45, 7) is 2.57. The number of hydrogen-bond acceptors (Lipinski definition) is 5. The molecule has 0 unspecified atom stereocenters. The van der Waals surface area contributed by atoms with Crippen molar-refractivity contribution in [3.8, 4) is 22.8 Å². The molecule has 5 nitrogen and oxygen atoms in total. The van der Waals surface area contributed by atoms with E-state index in [-0.39, 0.29) is 11.5 Å². The van der Waals surface area contributed by atoms with E-state index in [2.05, 4.69) is 10.2 Å². The van der Waals surface area contributed by atoms with Crippen LogP contribution in [-0.4, -0.2) is 32.9 Å². The first-order valence-electron chi connectivity index (χ1n) is 9.81. The first-order valence-corrected chi connectivity index (χ1v) is 11.2. The molecule has 3 aromatic carbocycles. The third kappa shape index (κ3) is 4.98. The van der Waals surface area contributed by atoms with Crippen molar-refractivity contribution in [1.82, 2.24) is 14.8 Å². The number of ketones is 1. The van der Waals surface area contributed by atoms with Gasteiger partial charge in [-0.2, -0.15) is 0 Å². The molecule has 4 rings (SSSR count). The lowest BCUT2D eigenvalue weighted by molar-refractivity contribution is 0.102. The van der Waals surface area contributed by atoms with Crippen molar-refractivity contribution in [2.45, 2.75) is 12.1 Å². The van der Waals surface area contributed by atoms with Gasteiger partial charge in [0.1, 0.15) is 5.75 Å². The van der Waals surface area contributed by atoms with Gasteiger partial charge in [-0.1, -0.05) is 41.6 Å². The number of thioether (sulfide) groups is 1. The van der Waals surface area contributed by atoms with Crippen LogP contribution < -0.4 is 4.74 Å². The van der Waals surface area contributed by atoms with Gasteiger partial charge >= 0.3 is 0 Å². The third-order valence-corrected chi connectivity index (χ3v) is 5.75. The van der Waals surface area contributed by atoms with Gasteiger partial charge < -0.3 is 4.74 Å². The van der Waals surface area contributed by atoms with E-state index in [1.807, 2.05) is 66.1 Å². The average molecular weight is 450 g/mol. The molecule has 0 N–H and O–H groups in total. The van der Waals surface area contributed by atoms with Crippen LogP contribution in [0.3, 0.4) is 0 Å². The Labute approximate surface area is 190 Å². The number of carbonyl (C=O) groups excluding carboxylic acids is 1. The predicted octanol–water partition coefficient (Wildman–Crippen LogP) is 5.96. The van der Waals surface area contributed by atoms with Crippen molar-refractivity contribution >= 4 is 29.1 Å². The predicted molar refractivity (Wildman–Crippen MR) is 124 cm³/mol.